The van der Waals surface area contributed by atoms with Gasteiger partial charge in [0.25, 0.3) is 5.91 Å². The Morgan fingerprint density at radius 1 is 1.36 bits per heavy atom. The topological polar surface area (TPSA) is 125 Å². The van der Waals surface area contributed by atoms with Crippen LogP contribution in [0, 0.1) is 0 Å². The first-order chi connectivity index (χ1) is 11.7. The number of hydrogen-bond donors (Lipinski definition) is 3. The molecule has 1 aromatic carbocycles. The zero-order chi connectivity index (χ0) is 18.6. The normalized spacial score (nSPS) is 14.7. The molecule has 9 nitrogen and oxygen atoms in total. The van der Waals surface area contributed by atoms with E-state index in [-0.39, 0.29) is 31.0 Å². The third-order valence-corrected chi connectivity index (χ3v) is 4.00. The van der Waals surface area contributed by atoms with E-state index in [9.17, 15) is 18.0 Å². The van der Waals surface area contributed by atoms with Crippen molar-refractivity contribution < 1.29 is 27.9 Å². The summed E-state index contributed by atoms with van der Waals surface area (Å²) >= 11 is 0. The van der Waals surface area contributed by atoms with Crippen molar-refractivity contribution >= 4 is 33.3 Å². The molecular weight excluding hydrogens is 350 g/mol. The van der Waals surface area contributed by atoms with Crippen molar-refractivity contribution in [1.29, 1.82) is 0 Å². The number of ether oxygens (including phenoxy) is 1. The summed E-state index contributed by atoms with van der Waals surface area (Å²) in [5.41, 5.74) is 0.911. The van der Waals surface area contributed by atoms with E-state index < -0.39 is 21.9 Å². The number of methoxy groups -OCH3 is 1. The molecule has 0 fully saturated rings. The van der Waals surface area contributed by atoms with Gasteiger partial charge in [0, 0.05) is 12.2 Å². The van der Waals surface area contributed by atoms with E-state index in [1.165, 1.54) is 18.1 Å². The summed E-state index contributed by atoms with van der Waals surface area (Å²) in [5.74, 6) is -1.10. The minimum absolute atomic E-state index is 0.0235. The van der Waals surface area contributed by atoms with E-state index in [1.54, 1.807) is 18.2 Å². The van der Waals surface area contributed by atoms with Gasteiger partial charge < -0.3 is 20.1 Å². The number of hydrogen-bond acceptors (Lipinski definition) is 7. The lowest BCUT2D eigenvalue weighted by molar-refractivity contribution is -0.136. The summed E-state index contributed by atoms with van der Waals surface area (Å²) in [7, 11) is -2.23. The molecule has 1 aromatic rings. The van der Waals surface area contributed by atoms with Crippen molar-refractivity contribution in [3.8, 4) is 0 Å². The number of amides is 1. The summed E-state index contributed by atoms with van der Waals surface area (Å²) in [4.78, 5) is 25.6. The molecule has 1 aliphatic rings. The van der Waals surface area contributed by atoms with Crippen molar-refractivity contribution in [3.05, 3.63) is 35.5 Å². The van der Waals surface area contributed by atoms with Gasteiger partial charge in [-0.1, -0.05) is 6.07 Å². The molecule has 10 heteroatoms. The monoisotopic (exact) mass is 369 g/mol. The molecule has 0 aromatic heterocycles. The average molecular weight is 369 g/mol. The Balaban J connectivity index is 2.30. The molecule has 0 atom stereocenters. The number of aliphatic hydroxyl groups excluding tert-OH is 1. The van der Waals surface area contributed by atoms with Gasteiger partial charge in [0.05, 0.1) is 37.8 Å². The van der Waals surface area contributed by atoms with Crippen LogP contribution in [0.3, 0.4) is 0 Å². The Bertz CT molecular complexity index is 818. The van der Waals surface area contributed by atoms with E-state index in [0.29, 0.717) is 11.4 Å². The minimum Gasteiger partial charge on any atom is -0.466 e. The first-order valence-corrected chi connectivity index (χ1v) is 9.20. The maximum Gasteiger partial charge on any atom is 0.337 e. The predicted octanol–water partition coefficient (Wildman–Crippen LogP) is -0.268. The quantitative estimate of drug-likeness (QED) is 0.565. The van der Waals surface area contributed by atoms with Crippen molar-refractivity contribution in [2.24, 2.45) is 0 Å². The number of benzene rings is 1. The van der Waals surface area contributed by atoms with Crippen LogP contribution in [-0.2, 0) is 24.3 Å². The lowest BCUT2D eigenvalue weighted by atomic mass is 10.2. The average Bonchev–Trinajstić information content (AvgIpc) is 2.83. The van der Waals surface area contributed by atoms with Crippen LogP contribution in [0.15, 0.2) is 35.5 Å². The molecule has 1 amide bonds. The highest BCUT2D eigenvalue weighted by atomic mass is 32.2. The van der Waals surface area contributed by atoms with E-state index in [4.69, 9.17) is 9.84 Å². The number of esters is 1. The van der Waals surface area contributed by atoms with Gasteiger partial charge in [-0.15, -0.1) is 0 Å². The molecule has 0 spiro atoms. The van der Waals surface area contributed by atoms with E-state index in [0.717, 1.165) is 6.26 Å². The third kappa shape index (κ3) is 4.70. The molecule has 0 radical (unpaired) electrons. The van der Waals surface area contributed by atoms with Gasteiger partial charge in [-0.25, -0.2) is 13.2 Å². The SMILES string of the molecule is COC(=O)C1=C(Nc2cccc(NS(C)(=O)=O)c2)C(=O)N(CCO)C1. The molecule has 0 unspecified atom stereocenters. The van der Waals surface area contributed by atoms with Crippen LogP contribution in [0.4, 0.5) is 11.4 Å². The predicted molar refractivity (Wildman–Crippen MR) is 91.2 cm³/mol. The number of nitrogens with zero attached hydrogens (tertiary/aromatic N) is 1. The highest BCUT2D eigenvalue weighted by Gasteiger charge is 2.34. The zero-order valence-corrected chi connectivity index (χ0v) is 14.6. The number of anilines is 2. The van der Waals surface area contributed by atoms with Gasteiger partial charge in [0.15, 0.2) is 0 Å². The van der Waals surface area contributed by atoms with E-state index in [1.807, 2.05) is 0 Å². The second-order valence-electron chi connectivity index (χ2n) is 5.38. The first-order valence-electron chi connectivity index (χ1n) is 7.31. The maximum absolute atomic E-state index is 12.4. The molecule has 1 aliphatic heterocycles. The fraction of sp³-hybridized carbons (Fsp3) is 0.333. The fourth-order valence-corrected chi connectivity index (χ4v) is 2.92. The highest BCUT2D eigenvalue weighted by Crippen LogP contribution is 2.24. The summed E-state index contributed by atoms with van der Waals surface area (Å²) in [6.45, 7) is -0.128. The second kappa shape index (κ2) is 7.53. The fourth-order valence-electron chi connectivity index (χ4n) is 2.37. The molecule has 3 N–H and O–H groups in total. The molecule has 25 heavy (non-hydrogen) atoms. The number of β-amino-alcohol motifs (C(OH)–C–C–N with tert-alkyl or cyclic N) is 1. The lowest BCUT2D eigenvalue weighted by Crippen LogP contribution is -2.31. The molecule has 0 bridgehead atoms. The van der Waals surface area contributed by atoms with Crippen molar-refractivity contribution in [2.75, 3.05) is 43.1 Å². The number of carbonyl (C=O) groups is 2. The summed E-state index contributed by atoms with van der Waals surface area (Å²) in [6, 6.07) is 6.26. The van der Waals surface area contributed by atoms with Gasteiger partial charge in [-0.2, -0.15) is 0 Å². The lowest BCUT2D eigenvalue weighted by Gasteiger charge is -2.15. The number of carbonyl (C=O) groups excluding carboxylic acids is 2. The summed E-state index contributed by atoms with van der Waals surface area (Å²) in [6.07, 6.45) is 1.03. The molecule has 2 rings (SSSR count). The molecule has 0 aliphatic carbocycles. The van der Waals surface area contributed by atoms with E-state index >= 15 is 0 Å². The van der Waals surface area contributed by atoms with Crippen LogP contribution in [0.5, 0.6) is 0 Å². The van der Waals surface area contributed by atoms with Crippen LogP contribution in [0.1, 0.15) is 0 Å². The minimum atomic E-state index is -3.44. The van der Waals surface area contributed by atoms with Crippen molar-refractivity contribution in [1.82, 2.24) is 4.90 Å². The molecule has 1 heterocycles. The van der Waals surface area contributed by atoms with E-state index in [2.05, 4.69) is 10.0 Å². The second-order valence-corrected chi connectivity index (χ2v) is 7.12. The Kier molecular flexibility index (Phi) is 5.65. The van der Waals surface area contributed by atoms with Crippen LogP contribution >= 0.6 is 0 Å². The standard InChI is InChI=1S/C15H19N3O6S/c1-24-15(21)12-9-18(6-7-19)14(20)13(12)16-10-4-3-5-11(8-10)17-25(2,22)23/h3-5,8,16-17,19H,6-7,9H2,1-2H3. The Morgan fingerprint density at radius 3 is 2.64 bits per heavy atom. The third-order valence-electron chi connectivity index (χ3n) is 3.39. The Morgan fingerprint density at radius 2 is 2.04 bits per heavy atom. The number of rotatable bonds is 7. The van der Waals surface area contributed by atoms with Crippen LogP contribution in [0.2, 0.25) is 0 Å². The van der Waals surface area contributed by atoms with Gasteiger partial charge in [0.1, 0.15) is 5.70 Å². The van der Waals surface area contributed by atoms with Gasteiger partial charge in [-0.3, -0.25) is 9.52 Å². The zero-order valence-electron chi connectivity index (χ0n) is 13.8. The maximum atomic E-state index is 12.4. The molecular formula is C15H19N3O6S. The van der Waals surface area contributed by atoms with Crippen LogP contribution < -0.4 is 10.0 Å². The number of nitrogens with one attached hydrogen (secondary N) is 2. The molecule has 0 saturated heterocycles. The summed E-state index contributed by atoms with van der Waals surface area (Å²) in [5, 5.41) is 11.9. The van der Waals surface area contributed by atoms with Gasteiger partial charge in [-0.05, 0) is 18.2 Å². The Hall–Kier alpha value is -2.59. The van der Waals surface area contributed by atoms with Gasteiger partial charge >= 0.3 is 5.97 Å². The molecule has 136 valence electrons. The molecule has 0 saturated carbocycles. The Labute approximate surface area is 145 Å². The van der Waals surface area contributed by atoms with Crippen LogP contribution in [-0.4, -0.2) is 63.4 Å². The van der Waals surface area contributed by atoms with Crippen molar-refractivity contribution in [3.63, 3.8) is 0 Å². The smallest absolute Gasteiger partial charge is 0.337 e. The summed E-state index contributed by atoms with van der Waals surface area (Å²) < 4.78 is 29.7. The number of aliphatic hydroxyl groups is 1. The first kappa shape index (κ1) is 18.7. The number of sulfonamides is 1. The van der Waals surface area contributed by atoms with Crippen LogP contribution in [0.25, 0.3) is 0 Å². The largest absolute Gasteiger partial charge is 0.466 e. The highest BCUT2D eigenvalue weighted by molar-refractivity contribution is 7.92. The van der Waals surface area contributed by atoms with Crippen molar-refractivity contribution in [2.45, 2.75) is 0 Å². The van der Waals surface area contributed by atoms with Gasteiger partial charge in [0.2, 0.25) is 10.0 Å².